The molecule has 242 valence electrons. The first-order valence-corrected chi connectivity index (χ1v) is 19.5. The van der Waals surface area contributed by atoms with Gasteiger partial charge < -0.3 is 5.73 Å². The number of nitrogens with two attached hydrogens (primary N) is 1. The number of hydrogen-bond acceptors (Lipinski definition) is 1. The predicted molar refractivity (Wildman–Crippen MR) is 185 cm³/mol. The van der Waals surface area contributed by atoms with Gasteiger partial charge in [0.1, 0.15) is 0 Å². The van der Waals surface area contributed by atoms with Crippen LogP contribution in [0, 0.1) is 11.8 Å². The highest BCUT2D eigenvalue weighted by Crippen LogP contribution is 2.29. The van der Waals surface area contributed by atoms with Crippen LogP contribution >= 0.6 is 0 Å². The minimum atomic E-state index is 0.783. The van der Waals surface area contributed by atoms with Crippen molar-refractivity contribution in [1.82, 2.24) is 0 Å². The van der Waals surface area contributed by atoms with E-state index in [4.69, 9.17) is 5.73 Å². The predicted octanol–water partition coefficient (Wildman–Crippen LogP) is 14.1. The molecule has 0 aliphatic carbocycles. The molecule has 0 aliphatic heterocycles. The van der Waals surface area contributed by atoms with E-state index in [0.29, 0.717) is 0 Å². The van der Waals surface area contributed by atoms with Crippen LogP contribution in [0.3, 0.4) is 0 Å². The molecule has 2 N–H and O–H groups in total. The molecule has 0 bridgehead atoms. The fourth-order valence-corrected chi connectivity index (χ4v) is 6.84. The van der Waals surface area contributed by atoms with Gasteiger partial charge in [-0.2, -0.15) is 0 Å². The Labute approximate surface area is 256 Å². The van der Waals surface area contributed by atoms with Crippen LogP contribution in [0.2, 0.25) is 0 Å². The summed E-state index contributed by atoms with van der Waals surface area (Å²) in [7, 11) is 0. The maximum Gasteiger partial charge on any atom is -0.00462 e. The summed E-state index contributed by atoms with van der Waals surface area (Å²) < 4.78 is 0. The normalized spacial score (nSPS) is 12.5. The summed E-state index contributed by atoms with van der Waals surface area (Å²) in [5, 5.41) is 0. The van der Waals surface area contributed by atoms with Gasteiger partial charge in [-0.1, -0.05) is 226 Å². The van der Waals surface area contributed by atoms with E-state index in [1.54, 1.807) is 0 Å². The van der Waals surface area contributed by atoms with E-state index < -0.39 is 0 Å². The van der Waals surface area contributed by atoms with Gasteiger partial charge in [-0.25, -0.2) is 0 Å². The summed E-state index contributed by atoms with van der Waals surface area (Å²) in [4.78, 5) is 0. The van der Waals surface area contributed by atoms with Gasteiger partial charge in [0.15, 0.2) is 0 Å². The highest BCUT2D eigenvalue weighted by Gasteiger charge is 2.19. The fraction of sp³-hybridized carbons (Fsp3) is 1.00. The molecule has 1 nitrogen and oxygen atoms in total. The molecular formula is C39H81N. The lowest BCUT2D eigenvalue weighted by molar-refractivity contribution is 0.261. The monoisotopic (exact) mass is 564 g/mol. The van der Waals surface area contributed by atoms with Crippen molar-refractivity contribution in [1.29, 1.82) is 0 Å². The average molecular weight is 564 g/mol. The van der Waals surface area contributed by atoms with Gasteiger partial charge in [0.05, 0.1) is 0 Å². The van der Waals surface area contributed by atoms with Crippen molar-refractivity contribution >= 4 is 0 Å². The van der Waals surface area contributed by atoms with Crippen molar-refractivity contribution in [3.05, 3.63) is 0 Å². The summed E-state index contributed by atoms with van der Waals surface area (Å²) in [6.07, 6.45) is 47.7. The van der Waals surface area contributed by atoms with Crippen LogP contribution in [-0.4, -0.2) is 6.54 Å². The topological polar surface area (TPSA) is 26.0 Å². The van der Waals surface area contributed by atoms with E-state index in [0.717, 1.165) is 18.4 Å². The van der Waals surface area contributed by atoms with E-state index in [1.807, 2.05) is 0 Å². The third kappa shape index (κ3) is 29.5. The standard InChI is InChI=1S/C39H81N/c1-4-7-10-13-16-19-22-25-28-31-34-38(35-32-29-26-23-20-17-14-11-8-5-2)39(37-40)36-33-30-27-24-21-18-15-12-9-6-3/h38-39H,4-37,40H2,1-3H3. The van der Waals surface area contributed by atoms with Crippen molar-refractivity contribution in [3.8, 4) is 0 Å². The van der Waals surface area contributed by atoms with Crippen LogP contribution in [0.5, 0.6) is 0 Å². The quantitative estimate of drug-likeness (QED) is 0.0762. The summed E-state index contributed by atoms with van der Waals surface area (Å²) >= 11 is 0. The van der Waals surface area contributed by atoms with E-state index in [2.05, 4.69) is 20.8 Å². The Morgan fingerprint density at radius 3 is 0.700 bits per heavy atom. The zero-order valence-corrected chi connectivity index (χ0v) is 28.8. The summed E-state index contributed by atoms with van der Waals surface area (Å²) in [5.41, 5.74) is 6.43. The second-order valence-electron chi connectivity index (χ2n) is 13.7. The van der Waals surface area contributed by atoms with Crippen molar-refractivity contribution < 1.29 is 0 Å². The first-order valence-electron chi connectivity index (χ1n) is 19.5. The molecule has 0 aromatic heterocycles. The molecule has 0 heterocycles. The highest BCUT2D eigenvalue weighted by atomic mass is 14.6. The summed E-state index contributed by atoms with van der Waals surface area (Å²) in [6, 6.07) is 0. The molecule has 0 aromatic carbocycles. The van der Waals surface area contributed by atoms with Gasteiger partial charge in [0.25, 0.3) is 0 Å². The zero-order chi connectivity index (χ0) is 29.2. The lowest BCUT2D eigenvalue weighted by Crippen LogP contribution is -2.24. The van der Waals surface area contributed by atoms with Gasteiger partial charge >= 0.3 is 0 Å². The molecule has 0 spiro atoms. The van der Waals surface area contributed by atoms with Gasteiger partial charge in [0, 0.05) is 0 Å². The van der Waals surface area contributed by atoms with Crippen LogP contribution in [0.1, 0.15) is 233 Å². The van der Waals surface area contributed by atoms with Crippen molar-refractivity contribution in [3.63, 3.8) is 0 Å². The molecule has 0 amide bonds. The molecule has 1 heteroatoms. The third-order valence-electron chi connectivity index (χ3n) is 9.75. The molecule has 0 aromatic rings. The van der Waals surface area contributed by atoms with E-state index >= 15 is 0 Å². The van der Waals surface area contributed by atoms with Crippen LogP contribution in [-0.2, 0) is 0 Å². The minimum absolute atomic E-state index is 0.783. The van der Waals surface area contributed by atoms with Crippen molar-refractivity contribution in [2.45, 2.75) is 233 Å². The molecular weight excluding hydrogens is 482 g/mol. The van der Waals surface area contributed by atoms with Gasteiger partial charge in [-0.15, -0.1) is 0 Å². The lowest BCUT2D eigenvalue weighted by atomic mass is 9.80. The second kappa shape index (κ2) is 35.2. The minimum Gasteiger partial charge on any atom is -0.330 e. The van der Waals surface area contributed by atoms with Crippen molar-refractivity contribution in [2.75, 3.05) is 6.54 Å². The van der Waals surface area contributed by atoms with Crippen LogP contribution in [0.25, 0.3) is 0 Å². The Bertz CT molecular complexity index is 409. The first kappa shape index (κ1) is 40.0. The average Bonchev–Trinajstić information content (AvgIpc) is 2.97. The van der Waals surface area contributed by atoms with Gasteiger partial charge in [0.2, 0.25) is 0 Å². The molecule has 0 saturated heterocycles. The SMILES string of the molecule is CCCCCCCCCCCCC(CN)C(CCCCCCCCCCCC)CCCCCCCCCCCC. The van der Waals surface area contributed by atoms with Crippen LogP contribution in [0.15, 0.2) is 0 Å². The molecule has 40 heavy (non-hydrogen) atoms. The number of unbranched alkanes of at least 4 members (excludes halogenated alkanes) is 27. The summed E-state index contributed by atoms with van der Waals surface area (Å²) in [5.74, 6) is 1.68. The molecule has 0 aliphatic rings. The maximum atomic E-state index is 6.43. The maximum absolute atomic E-state index is 6.43. The molecule has 0 fully saturated rings. The Morgan fingerprint density at radius 2 is 0.475 bits per heavy atom. The molecule has 0 radical (unpaired) electrons. The van der Waals surface area contributed by atoms with Crippen LogP contribution in [0.4, 0.5) is 0 Å². The lowest BCUT2D eigenvalue weighted by Gasteiger charge is -2.26. The zero-order valence-electron chi connectivity index (χ0n) is 28.8. The van der Waals surface area contributed by atoms with Crippen LogP contribution < -0.4 is 5.73 Å². The molecule has 1 atom stereocenters. The Balaban J connectivity index is 4.19. The Morgan fingerprint density at radius 1 is 0.275 bits per heavy atom. The molecule has 0 rings (SSSR count). The largest absolute Gasteiger partial charge is 0.330 e. The van der Waals surface area contributed by atoms with Gasteiger partial charge in [-0.05, 0) is 24.8 Å². The van der Waals surface area contributed by atoms with E-state index in [1.165, 1.54) is 212 Å². The smallest absolute Gasteiger partial charge is 0.00462 e. The van der Waals surface area contributed by atoms with Gasteiger partial charge in [-0.3, -0.25) is 0 Å². The number of hydrogen-bond donors (Lipinski definition) is 1. The molecule has 0 saturated carbocycles. The Kier molecular flexibility index (Phi) is 35.1. The fourth-order valence-electron chi connectivity index (χ4n) is 6.84. The molecule has 1 unspecified atom stereocenters. The second-order valence-corrected chi connectivity index (χ2v) is 13.7. The van der Waals surface area contributed by atoms with Crippen molar-refractivity contribution in [2.24, 2.45) is 17.6 Å². The summed E-state index contributed by atoms with van der Waals surface area (Å²) in [6.45, 7) is 7.87. The first-order chi connectivity index (χ1) is 19.8. The number of rotatable bonds is 35. The Hall–Kier alpha value is -0.0400. The third-order valence-corrected chi connectivity index (χ3v) is 9.75. The highest BCUT2D eigenvalue weighted by molar-refractivity contribution is 4.72. The van der Waals surface area contributed by atoms with E-state index in [9.17, 15) is 0 Å². The van der Waals surface area contributed by atoms with E-state index in [-0.39, 0.29) is 0 Å².